The summed E-state index contributed by atoms with van der Waals surface area (Å²) < 4.78 is 0. The summed E-state index contributed by atoms with van der Waals surface area (Å²) in [5.74, 6) is 1.26. The van der Waals surface area contributed by atoms with Crippen molar-refractivity contribution in [1.29, 1.82) is 0 Å². The Morgan fingerprint density at radius 2 is 2.19 bits per heavy atom. The minimum absolute atomic E-state index is 0.592. The molecule has 2 aliphatic rings. The number of thioether (sulfide) groups is 1. The first kappa shape index (κ1) is 10.7. The van der Waals surface area contributed by atoms with Gasteiger partial charge in [-0.3, -0.25) is 0 Å². The van der Waals surface area contributed by atoms with Gasteiger partial charge in [0.25, 0.3) is 0 Å². The highest BCUT2D eigenvalue weighted by Gasteiger charge is 2.37. The van der Waals surface area contributed by atoms with E-state index in [0.29, 0.717) is 11.5 Å². The van der Waals surface area contributed by atoms with Gasteiger partial charge < -0.3 is 5.32 Å². The average Bonchev–Trinajstić information content (AvgIpc) is 3.05. The van der Waals surface area contributed by atoms with Crippen LogP contribution in [0.25, 0.3) is 0 Å². The SMILES string of the molecule is CC1(CNC2CCSc3ccccc32)CC1. The van der Waals surface area contributed by atoms with Crippen LogP contribution in [0.1, 0.15) is 37.8 Å². The number of hydrogen-bond acceptors (Lipinski definition) is 2. The van der Waals surface area contributed by atoms with Crippen molar-refractivity contribution in [2.45, 2.75) is 37.1 Å². The van der Waals surface area contributed by atoms with E-state index >= 15 is 0 Å². The molecule has 1 aliphatic carbocycles. The second-order valence-electron chi connectivity index (χ2n) is 5.42. The number of rotatable bonds is 3. The molecule has 1 aromatic carbocycles. The molecule has 1 saturated carbocycles. The minimum Gasteiger partial charge on any atom is -0.309 e. The predicted octanol–water partition coefficient (Wildman–Crippen LogP) is 3.61. The van der Waals surface area contributed by atoms with E-state index in [1.54, 1.807) is 0 Å². The molecule has 1 unspecified atom stereocenters. The number of hydrogen-bond donors (Lipinski definition) is 1. The summed E-state index contributed by atoms with van der Waals surface area (Å²) in [5.41, 5.74) is 2.13. The van der Waals surface area contributed by atoms with Gasteiger partial charge in [-0.25, -0.2) is 0 Å². The Hall–Kier alpha value is -0.470. The standard InChI is InChI=1S/C14H19NS/c1-14(7-8-14)10-15-12-6-9-16-13-5-3-2-4-11(12)13/h2-5,12,15H,6-10H2,1H3. The average molecular weight is 233 g/mol. The summed E-state index contributed by atoms with van der Waals surface area (Å²) in [5, 5.41) is 3.77. The molecule has 1 heterocycles. The van der Waals surface area contributed by atoms with Gasteiger partial charge in [0.1, 0.15) is 0 Å². The molecule has 0 spiro atoms. The summed E-state index contributed by atoms with van der Waals surface area (Å²) in [6.45, 7) is 3.58. The van der Waals surface area contributed by atoms with Gasteiger partial charge >= 0.3 is 0 Å². The van der Waals surface area contributed by atoms with Crippen LogP contribution in [-0.4, -0.2) is 12.3 Å². The van der Waals surface area contributed by atoms with Crippen LogP contribution < -0.4 is 5.32 Å². The van der Waals surface area contributed by atoms with Gasteiger partial charge in [-0.05, 0) is 42.1 Å². The van der Waals surface area contributed by atoms with Gasteiger partial charge in [0.05, 0.1) is 0 Å². The van der Waals surface area contributed by atoms with Crippen molar-refractivity contribution in [3.63, 3.8) is 0 Å². The molecule has 1 fully saturated rings. The van der Waals surface area contributed by atoms with Crippen molar-refractivity contribution < 1.29 is 0 Å². The second kappa shape index (κ2) is 4.08. The van der Waals surface area contributed by atoms with Crippen molar-refractivity contribution in [3.05, 3.63) is 29.8 Å². The molecule has 0 aromatic heterocycles. The van der Waals surface area contributed by atoms with Gasteiger partial charge in [-0.15, -0.1) is 11.8 Å². The van der Waals surface area contributed by atoms with Crippen LogP contribution in [0.4, 0.5) is 0 Å². The number of fused-ring (bicyclic) bond motifs is 1. The molecule has 1 atom stereocenters. The van der Waals surface area contributed by atoms with Crippen LogP contribution in [0, 0.1) is 5.41 Å². The summed E-state index contributed by atoms with van der Waals surface area (Å²) in [6, 6.07) is 9.45. The molecule has 0 amide bonds. The van der Waals surface area contributed by atoms with Gasteiger partial charge in [0.2, 0.25) is 0 Å². The third-order valence-corrected chi connectivity index (χ3v) is 4.96. The Balaban J connectivity index is 1.71. The van der Waals surface area contributed by atoms with E-state index in [2.05, 4.69) is 36.5 Å². The topological polar surface area (TPSA) is 12.0 Å². The van der Waals surface area contributed by atoms with Crippen LogP contribution in [0.3, 0.4) is 0 Å². The fourth-order valence-electron chi connectivity index (χ4n) is 2.31. The predicted molar refractivity (Wildman–Crippen MR) is 69.9 cm³/mol. The van der Waals surface area contributed by atoms with Crippen LogP contribution in [0.5, 0.6) is 0 Å². The Labute approximate surface area is 102 Å². The molecule has 3 rings (SSSR count). The highest BCUT2D eigenvalue weighted by Crippen LogP contribution is 2.45. The first-order chi connectivity index (χ1) is 7.77. The molecule has 1 nitrogen and oxygen atoms in total. The lowest BCUT2D eigenvalue weighted by Gasteiger charge is -2.27. The molecular weight excluding hydrogens is 214 g/mol. The Morgan fingerprint density at radius 1 is 1.38 bits per heavy atom. The summed E-state index contributed by atoms with van der Waals surface area (Å²) in [7, 11) is 0. The molecule has 0 saturated heterocycles. The summed E-state index contributed by atoms with van der Waals surface area (Å²) in [6.07, 6.45) is 4.09. The molecule has 86 valence electrons. The van der Waals surface area contributed by atoms with Gasteiger partial charge in [0, 0.05) is 17.5 Å². The first-order valence-electron chi connectivity index (χ1n) is 6.22. The van der Waals surface area contributed by atoms with Crippen LogP contribution in [0.2, 0.25) is 0 Å². The second-order valence-corrected chi connectivity index (χ2v) is 6.56. The van der Waals surface area contributed by atoms with Crippen molar-refractivity contribution in [3.8, 4) is 0 Å². The van der Waals surface area contributed by atoms with E-state index < -0.39 is 0 Å². The van der Waals surface area contributed by atoms with Crippen molar-refractivity contribution in [2.24, 2.45) is 5.41 Å². The maximum atomic E-state index is 3.77. The van der Waals surface area contributed by atoms with Crippen LogP contribution in [-0.2, 0) is 0 Å². The normalized spacial score (nSPS) is 26.2. The molecule has 2 heteroatoms. The summed E-state index contributed by atoms with van der Waals surface area (Å²) in [4.78, 5) is 1.48. The Kier molecular flexibility index (Phi) is 2.72. The van der Waals surface area contributed by atoms with Gasteiger partial charge in [-0.1, -0.05) is 25.1 Å². The highest BCUT2D eigenvalue weighted by molar-refractivity contribution is 7.99. The first-order valence-corrected chi connectivity index (χ1v) is 7.21. The van der Waals surface area contributed by atoms with E-state index in [9.17, 15) is 0 Å². The quantitative estimate of drug-likeness (QED) is 0.856. The fraction of sp³-hybridized carbons (Fsp3) is 0.571. The molecule has 16 heavy (non-hydrogen) atoms. The van der Waals surface area contributed by atoms with Crippen molar-refractivity contribution in [1.82, 2.24) is 5.32 Å². The number of benzene rings is 1. The van der Waals surface area contributed by atoms with E-state index in [-0.39, 0.29) is 0 Å². The fourth-order valence-corrected chi connectivity index (χ4v) is 3.44. The van der Waals surface area contributed by atoms with Crippen LogP contribution in [0.15, 0.2) is 29.2 Å². The zero-order valence-electron chi connectivity index (χ0n) is 9.83. The maximum absolute atomic E-state index is 3.77. The summed E-state index contributed by atoms with van der Waals surface area (Å²) >= 11 is 2.00. The lowest BCUT2D eigenvalue weighted by atomic mass is 10.0. The van der Waals surface area contributed by atoms with Crippen molar-refractivity contribution >= 4 is 11.8 Å². The molecule has 0 bridgehead atoms. The highest BCUT2D eigenvalue weighted by atomic mass is 32.2. The lowest BCUT2D eigenvalue weighted by Crippen LogP contribution is -2.29. The zero-order chi connectivity index (χ0) is 11.0. The molecule has 1 N–H and O–H groups in total. The maximum Gasteiger partial charge on any atom is 0.0339 e. The molecule has 1 aromatic rings. The van der Waals surface area contributed by atoms with E-state index in [1.807, 2.05) is 11.8 Å². The minimum atomic E-state index is 0.592. The lowest BCUT2D eigenvalue weighted by molar-refractivity contribution is 0.429. The Bertz CT molecular complexity index is 384. The van der Waals surface area contributed by atoms with Crippen molar-refractivity contribution in [2.75, 3.05) is 12.3 Å². The third kappa shape index (κ3) is 2.14. The largest absolute Gasteiger partial charge is 0.309 e. The van der Waals surface area contributed by atoms with E-state index in [4.69, 9.17) is 0 Å². The van der Waals surface area contributed by atoms with Gasteiger partial charge in [0.15, 0.2) is 0 Å². The van der Waals surface area contributed by atoms with Gasteiger partial charge in [-0.2, -0.15) is 0 Å². The van der Waals surface area contributed by atoms with Crippen LogP contribution >= 0.6 is 11.8 Å². The molecular formula is C14H19NS. The third-order valence-electron chi connectivity index (χ3n) is 3.84. The monoisotopic (exact) mass is 233 g/mol. The Morgan fingerprint density at radius 3 is 3.00 bits per heavy atom. The molecule has 0 radical (unpaired) electrons. The number of nitrogens with one attached hydrogen (secondary N) is 1. The zero-order valence-corrected chi connectivity index (χ0v) is 10.6. The molecule has 1 aliphatic heterocycles. The van der Waals surface area contributed by atoms with E-state index in [0.717, 1.165) is 0 Å². The smallest absolute Gasteiger partial charge is 0.0339 e. The van der Waals surface area contributed by atoms with E-state index in [1.165, 1.54) is 42.0 Å².